The molecule has 1 saturated heterocycles. The summed E-state index contributed by atoms with van der Waals surface area (Å²) in [4.78, 5) is 3.57. The van der Waals surface area contributed by atoms with E-state index in [1.807, 2.05) is 0 Å². The van der Waals surface area contributed by atoms with Gasteiger partial charge >= 0.3 is 0 Å². The summed E-state index contributed by atoms with van der Waals surface area (Å²) in [5, 5.41) is 9.52. The minimum absolute atomic E-state index is 0.578. The van der Waals surface area contributed by atoms with Crippen molar-refractivity contribution in [3.63, 3.8) is 0 Å². The fourth-order valence-corrected chi connectivity index (χ4v) is 3.71. The topological polar surface area (TPSA) is 27.0 Å². The number of thioether (sulfide) groups is 1. The molecule has 1 aliphatic heterocycles. The van der Waals surface area contributed by atoms with Crippen molar-refractivity contribution in [1.29, 1.82) is 5.26 Å². The van der Waals surface area contributed by atoms with Crippen LogP contribution in [0.3, 0.4) is 0 Å². The van der Waals surface area contributed by atoms with Crippen molar-refractivity contribution in [3.8, 4) is 6.07 Å². The highest BCUT2D eigenvalue weighted by Gasteiger charge is 2.29. The lowest BCUT2D eigenvalue weighted by molar-refractivity contribution is 0.491. The molecular weight excluding hydrogens is 252 g/mol. The van der Waals surface area contributed by atoms with E-state index in [-0.39, 0.29) is 0 Å². The van der Waals surface area contributed by atoms with Crippen LogP contribution in [0.25, 0.3) is 0 Å². The standard InChI is InChI=1S/C16H22N2S/c1-4-19-16-9-5-7-15(13(16)11-17)18-10-6-8-14(18)12(2)3/h5,7,9,12,14H,4,6,8,10H2,1-3H3. The Morgan fingerprint density at radius 3 is 2.89 bits per heavy atom. The molecule has 0 bridgehead atoms. The van der Waals surface area contributed by atoms with Gasteiger partial charge in [-0.25, -0.2) is 0 Å². The smallest absolute Gasteiger partial charge is 0.103 e. The van der Waals surface area contributed by atoms with Crippen LogP contribution in [0, 0.1) is 17.2 Å². The minimum atomic E-state index is 0.578. The SMILES string of the molecule is CCSc1cccc(N2CCCC2C(C)C)c1C#N. The molecule has 1 atom stereocenters. The van der Waals surface area contributed by atoms with Gasteiger partial charge in [-0.05, 0) is 36.6 Å². The Kier molecular flexibility index (Phi) is 4.76. The molecule has 0 radical (unpaired) electrons. The molecule has 1 heterocycles. The van der Waals surface area contributed by atoms with Crippen molar-refractivity contribution in [2.75, 3.05) is 17.2 Å². The fourth-order valence-electron chi connectivity index (χ4n) is 2.93. The average molecular weight is 274 g/mol. The van der Waals surface area contributed by atoms with E-state index in [1.165, 1.54) is 12.8 Å². The Bertz CT molecular complexity index is 476. The molecule has 2 rings (SSSR count). The van der Waals surface area contributed by atoms with Gasteiger partial charge in [0.05, 0.1) is 11.3 Å². The van der Waals surface area contributed by atoms with E-state index in [4.69, 9.17) is 0 Å². The Morgan fingerprint density at radius 2 is 2.26 bits per heavy atom. The maximum Gasteiger partial charge on any atom is 0.103 e. The van der Waals surface area contributed by atoms with E-state index < -0.39 is 0 Å². The van der Waals surface area contributed by atoms with Crippen molar-refractivity contribution in [3.05, 3.63) is 23.8 Å². The Labute approximate surface area is 120 Å². The van der Waals surface area contributed by atoms with Gasteiger partial charge in [0.2, 0.25) is 0 Å². The molecule has 1 fully saturated rings. The van der Waals surface area contributed by atoms with E-state index in [2.05, 4.69) is 49.9 Å². The number of nitriles is 1. The average Bonchev–Trinajstić information content (AvgIpc) is 2.88. The first-order chi connectivity index (χ1) is 9.19. The molecule has 2 nitrogen and oxygen atoms in total. The summed E-state index contributed by atoms with van der Waals surface area (Å²) in [6, 6.07) is 9.26. The van der Waals surface area contributed by atoms with Gasteiger partial charge in [-0.2, -0.15) is 5.26 Å². The van der Waals surface area contributed by atoms with Crippen molar-refractivity contribution in [2.24, 2.45) is 5.92 Å². The second kappa shape index (κ2) is 6.34. The van der Waals surface area contributed by atoms with Crippen LogP contribution in [0.2, 0.25) is 0 Å². The molecule has 3 heteroatoms. The molecule has 1 aromatic rings. The largest absolute Gasteiger partial charge is 0.367 e. The quantitative estimate of drug-likeness (QED) is 0.766. The number of benzene rings is 1. The third-order valence-corrected chi connectivity index (χ3v) is 4.73. The molecule has 19 heavy (non-hydrogen) atoms. The monoisotopic (exact) mass is 274 g/mol. The Balaban J connectivity index is 2.39. The van der Waals surface area contributed by atoms with Crippen molar-refractivity contribution in [1.82, 2.24) is 0 Å². The van der Waals surface area contributed by atoms with Crippen molar-refractivity contribution in [2.45, 2.75) is 44.6 Å². The first kappa shape index (κ1) is 14.3. The van der Waals surface area contributed by atoms with E-state index in [0.717, 1.165) is 28.4 Å². The van der Waals surface area contributed by atoms with E-state index >= 15 is 0 Å². The number of rotatable bonds is 4. The molecule has 102 valence electrons. The number of hydrogen-bond acceptors (Lipinski definition) is 3. The lowest BCUT2D eigenvalue weighted by atomic mass is 10.0. The van der Waals surface area contributed by atoms with E-state index in [9.17, 15) is 5.26 Å². The van der Waals surface area contributed by atoms with Gasteiger partial charge in [0.15, 0.2) is 0 Å². The lowest BCUT2D eigenvalue weighted by Gasteiger charge is -2.30. The zero-order valence-corrected chi connectivity index (χ0v) is 12.8. The number of nitrogens with zero attached hydrogens (tertiary/aromatic N) is 2. The van der Waals surface area contributed by atoms with Crippen LogP contribution in [-0.2, 0) is 0 Å². The first-order valence-corrected chi connectivity index (χ1v) is 8.10. The predicted octanol–water partition coefficient (Wildman–Crippen LogP) is 4.30. The van der Waals surface area contributed by atoms with Crippen molar-refractivity contribution < 1.29 is 0 Å². The van der Waals surface area contributed by atoms with Crippen LogP contribution in [0.4, 0.5) is 5.69 Å². The van der Waals surface area contributed by atoms with Crippen LogP contribution in [0.1, 0.15) is 39.2 Å². The second-order valence-corrected chi connectivity index (χ2v) is 6.65. The van der Waals surface area contributed by atoms with Crippen LogP contribution >= 0.6 is 11.8 Å². The number of anilines is 1. The molecule has 0 aromatic heterocycles. The van der Waals surface area contributed by atoms with Gasteiger partial charge in [-0.15, -0.1) is 11.8 Å². The van der Waals surface area contributed by atoms with Gasteiger partial charge in [0.25, 0.3) is 0 Å². The summed E-state index contributed by atoms with van der Waals surface area (Å²) in [6.07, 6.45) is 2.48. The predicted molar refractivity (Wildman–Crippen MR) is 82.8 cm³/mol. The summed E-state index contributed by atoms with van der Waals surface area (Å²) < 4.78 is 0. The normalized spacial score (nSPS) is 18.9. The minimum Gasteiger partial charge on any atom is -0.367 e. The second-order valence-electron chi connectivity index (χ2n) is 5.34. The van der Waals surface area contributed by atoms with Crippen LogP contribution < -0.4 is 4.90 Å². The molecule has 0 saturated carbocycles. The van der Waals surface area contributed by atoms with Gasteiger partial charge in [0.1, 0.15) is 6.07 Å². The fraction of sp³-hybridized carbons (Fsp3) is 0.562. The van der Waals surface area contributed by atoms with Crippen LogP contribution in [-0.4, -0.2) is 18.3 Å². The summed E-state index contributed by atoms with van der Waals surface area (Å²) in [6.45, 7) is 7.77. The summed E-state index contributed by atoms with van der Waals surface area (Å²) in [5.41, 5.74) is 2.00. The van der Waals surface area contributed by atoms with Gasteiger partial charge in [0, 0.05) is 17.5 Å². The first-order valence-electron chi connectivity index (χ1n) is 7.11. The molecular formula is C16H22N2S. The molecule has 0 amide bonds. The molecule has 0 aliphatic carbocycles. The maximum absolute atomic E-state index is 9.52. The van der Waals surface area contributed by atoms with Crippen LogP contribution in [0.5, 0.6) is 0 Å². The Hall–Kier alpha value is -1.14. The van der Waals surface area contributed by atoms with E-state index in [0.29, 0.717) is 12.0 Å². The highest BCUT2D eigenvalue weighted by Crippen LogP contribution is 2.35. The molecule has 0 N–H and O–H groups in total. The summed E-state index contributed by atoms with van der Waals surface area (Å²) in [5.74, 6) is 1.64. The zero-order valence-electron chi connectivity index (χ0n) is 12.0. The third kappa shape index (κ3) is 2.90. The Morgan fingerprint density at radius 1 is 1.47 bits per heavy atom. The third-order valence-electron chi connectivity index (χ3n) is 3.79. The molecule has 0 spiro atoms. The highest BCUT2D eigenvalue weighted by atomic mass is 32.2. The molecule has 1 aliphatic rings. The summed E-state index contributed by atoms with van der Waals surface area (Å²) >= 11 is 1.76. The summed E-state index contributed by atoms with van der Waals surface area (Å²) in [7, 11) is 0. The van der Waals surface area contributed by atoms with Crippen molar-refractivity contribution >= 4 is 17.4 Å². The van der Waals surface area contributed by atoms with Gasteiger partial charge in [-0.3, -0.25) is 0 Å². The molecule has 1 aromatic carbocycles. The lowest BCUT2D eigenvalue weighted by Crippen LogP contribution is -2.33. The van der Waals surface area contributed by atoms with Crippen LogP contribution in [0.15, 0.2) is 23.1 Å². The number of hydrogen-bond donors (Lipinski definition) is 0. The maximum atomic E-state index is 9.52. The van der Waals surface area contributed by atoms with Gasteiger partial charge < -0.3 is 4.90 Å². The zero-order chi connectivity index (χ0) is 13.8. The highest BCUT2D eigenvalue weighted by molar-refractivity contribution is 7.99. The van der Waals surface area contributed by atoms with Gasteiger partial charge in [-0.1, -0.05) is 26.8 Å². The van der Waals surface area contributed by atoms with E-state index in [1.54, 1.807) is 11.8 Å². The molecule has 1 unspecified atom stereocenters.